The second kappa shape index (κ2) is 3.98. The molecule has 0 spiro atoms. The van der Waals surface area contributed by atoms with E-state index in [4.69, 9.17) is 0 Å². The Balaban J connectivity index is 1.92. The lowest BCUT2D eigenvalue weighted by Gasteiger charge is -2.58. The second-order valence-corrected chi connectivity index (χ2v) is 7.49. The van der Waals surface area contributed by atoms with Gasteiger partial charge < -0.3 is 0 Å². The zero-order valence-corrected chi connectivity index (χ0v) is 13.1. The number of rotatable bonds is 0. The highest BCUT2D eigenvalue weighted by molar-refractivity contribution is 5.46. The van der Waals surface area contributed by atoms with Crippen LogP contribution in [0.1, 0.15) is 37.0 Å². The third kappa shape index (κ3) is 1.47. The first-order valence-corrected chi connectivity index (χ1v) is 8.02. The molecule has 1 aliphatic heterocycles. The predicted molar refractivity (Wildman–Crippen MR) is 84.0 cm³/mol. The molecule has 20 heavy (non-hydrogen) atoms. The average molecular weight is 267 g/mol. The van der Waals surface area contributed by atoms with Crippen molar-refractivity contribution in [2.75, 3.05) is 7.05 Å². The van der Waals surface area contributed by atoms with Crippen LogP contribution in [0.25, 0.3) is 0 Å². The maximum absolute atomic E-state index is 2.66. The molecule has 1 aromatic rings. The maximum Gasteiger partial charge on any atom is 0.0176 e. The molecule has 3 aliphatic rings. The minimum atomic E-state index is 0.247. The van der Waals surface area contributed by atoms with Gasteiger partial charge in [0.25, 0.3) is 0 Å². The molecule has 2 aliphatic carbocycles. The molecular formula is C19H25N. The van der Waals surface area contributed by atoms with Gasteiger partial charge in [-0.2, -0.15) is 0 Å². The number of likely N-dealkylation sites (N-methyl/N-ethyl adjacent to an activating group) is 1. The summed E-state index contributed by atoms with van der Waals surface area (Å²) in [7, 11) is 2.34. The van der Waals surface area contributed by atoms with E-state index in [9.17, 15) is 0 Å². The molecule has 4 rings (SSSR count). The van der Waals surface area contributed by atoms with Crippen molar-refractivity contribution in [3.05, 3.63) is 47.0 Å². The third-order valence-corrected chi connectivity index (χ3v) is 6.51. The molecule has 1 saturated heterocycles. The van der Waals surface area contributed by atoms with Gasteiger partial charge in [0, 0.05) is 17.5 Å². The minimum absolute atomic E-state index is 0.247. The molecule has 4 unspecified atom stereocenters. The molecule has 0 aromatic heterocycles. The van der Waals surface area contributed by atoms with Gasteiger partial charge in [-0.05, 0) is 56.7 Å². The van der Waals surface area contributed by atoms with Gasteiger partial charge in [0.1, 0.15) is 0 Å². The van der Waals surface area contributed by atoms with E-state index >= 15 is 0 Å². The monoisotopic (exact) mass is 267 g/mol. The van der Waals surface area contributed by atoms with Crippen molar-refractivity contribution < 1.29 is 0 Å². The van der Waals surface area contributed by atoms with E-state index in [0.717, 1.165) is 11.8 Å². The summed E-state index contributed by atoms with van der Waals surface area (Å²) < 4.78 is 0. The van der Waals surface area contributed by atoms with Crippen LogP contribution in [0, 0.1) is 18.8 Å². The highest BCUT2D eigenvalue weighted by Gasteiger charge is 2.52. The van der Waals surface area contributed by atoms with E-state index in [1.807, 2.05) is 0 Å². The lowest BCUT2D eigenvalue weighted by Crippen LogP contribution is -2.60. The van der Waals surface area contributed by atoms with Crippen LogP contribution in [0.3, 0.4) is 0 Å². The number of aryl methyl sites for hydroxylation is 1. The van der Waals surface area contributed by atoms with Crippen LogP contribution in [0.15, 0.2) is 30.4 Å². The Morgan fingerprint density at radius 3 is 2.90 bits per heavy atom. The van der Waals surface area contributed by atoms with Gasteiger partial charge in [-0.25, -0.2) is 0 Å². The fraction of sp³-hybridized carbons (Fsp3) is 0.579. The van der Waals surface area contributed by atoms with Crippen LogP contribution in [-0.2, 0) is 11.8 Å². The molecule has 0 radical (unpaired) electrons. The number of nitrogens with zero attached hydrogens (tertiary/aromatic N) is 1. The molecule has 0 amide bonds. The summed E-state index contributed by atoms with van der Waals surface area (Å²) in [5.74, 6) is 1.54. The highest BCUT2D eigenvalue weighted by Crippen LogP contribution is 2.53. The third-order valence-electron chi connectivity index (χ3n) is 6.51. The molecule has 106 valence electrons. The minimum Gasteiger partial charge on any atom is -0.300 e. The Morgan fingerprint density at radius 2 is 2.10 bits per heavy atom. The first kappa shape index (κ1) is 12.6. The van der Waals surface area contributed by atoms with Crippen molar-refractivity contribution in [1.82, 2.24) is 4.90 Å². The van der Waals surface area contributed by atoms with Gasteiger partial charge in [0.15, 0.2) is 0 Å². The number of piperidine rings is 1. The summed E-state index contributed by atoms with van der Waals surface area (Å²) in [5.41, 5.74) is 4.81. The van der Waals surface area contributed by atoms with Gasteiger partial charge >= 0.3 is 0 Å². The first-order valence-electron chi connectivity index (χ1n) is 8.02. The summed E-state index contributed by atoms with van der Waals surface area (Å²) in [6.45, 7) is 7.09. The lowest BCUT2D eigenvalue weighted by molar-refractivity contribution is 0.00380. The fourth-order valence-corrected chi connectivity index (χ4v) is 5.08. The number of benzene rings is 1. The van der Waals surface area contributed by atoms with Crippen LogP contribution >= 0.6 is 0 Å². The van der Waals surface area contributed by atoms with E-state index in [1.54, 1.807) is 11.1 Å². The van der Waals surface area contributed by atoms with E-state index < -0.39 is 0 Å². The Kier molecular flexibility index (Phi) is 2.51. The van der Waals surface area contributed by atoms with Crippen LogP contribution in [0.4, 0.5) is 0 Å². The standard InChI is InChI=1S/C19H25N/c1-12-5-6-16-15(9-12)11-18-17-10-14(13(2)20(18)4)7-8-19(16,17)3/h5-9,13-14,17-18H,10-11H2,1-4H3/t13?,14?,17?,18?,19-/m0/s1. The largest absolute Gasteiger partial charge is 0.300 e. The fourth-order valence-electron chi connectivity index (χ4n) is 5.08. The van der Waals surface area contributed by atoms with E-state index in [1.165, 1.54) is 18.4 Å². The van der Waals surface area contributed by atoms with Crippen molar-refractivity contribution in [3.8, 4) is 0 Å². The Hall–Kier alpha value is -1.08. The number of likely N-dealkylation sites (tertiary alicyclic amines) is 1. The number of hydrogen-bond donors (Lipinski definition) is 0. The summed E-state index contributed by atoms with van der Waals surface area (Å²) >= 11 is 0. The van der Waals surface area contributed by atoms with E-state index in [2.05, 4.69) is 63.1 Å². The summed E-state index contributed by atoms with van der Waals surface area (Å²) in [5, 5.41) is 0. The molecule has 1 heteroatoms. The van der Waals surface area contributed by atoms with Crippen LogP contribution in [-0.4, -0.2) is 24.0 Å². The van der Waals surface area contributed by atoms with Crippen LogP contribution in [0.2, 0.25) is 0 Å². The van der Waals surface area contributed by atoms with E-state index in [0.29, 0.717) is 12.1 Å². The highest BCUT2D eigenvalue weighted by atomic mass is 15.2. The SMILES string of the molecule is Cc1ccc2c(c1)CC1C3CC(C=C[C@@]23C)C(C)N1C. The molecular weight excluding hydrogens is 242 g/mol. The Bertz CT molecular complexity index is 587. The smallest absolute Gasteiger partial charge is 0.0176 e. The van der Waals surface area contributed by atoms with Crippen LogP contribution in [0.5, 0.6) is 0 Å². The lowest BCUT2D eigenvalue weighted by atomic mass is 9.54. The van der Waals surface area contributed by atoms with Gasteiger partial charge in [-0.3, -0.25) is 4.90 Å². The summed E-state index contributed by atoms with van der Waals surface area (Å²) in [6.07, 6.45) is 7.65. The molecule has 1 nitrogen and oxygen atoms in total. The Labute approximate surface area is 122 Å². The molecule has 1 aromatic carbocycles. The van der Waals surface area contributed by atoms with Crippen molar-refractivity contribution in [1.29, 1.82) is 0 Å². The first-order chi connectivity index (χ1) is 9.50. The summed E-state index contributed by atoms with van der Waals surface area (Å²) in [6, 6.07) is 8.50. The Morgan fingerprint density at radius 1 is 1.30 bits per heavy atom. The second-order valence-electron chi connectivity index (χ2n) is 7.49. The normalized spacial score (nSPS) is 42.4. The zero-order valence-electron chi connectivity index (χ0n) is 13.1. The summed E-state index contributed by atoms with van der Waals surface area (Å²) in [4.78, 5) is 2.66. The van der Waals surface area contributed by atoms with Crippen LogP contribution < -0.4 is 0 Å². The molecule has 5 atom stereocenters. The topological polar surface area (TPSA) is 3.24 Å². The number of hydrogen-bond acceptors (Lipinski definition) is 1. The molecule has 1 heterocycles. The number of fused-ring (bicyclic) bond motifs is 3. The molecule has 2 bridgehead atoms. The van der Waals surface area contributed by atoms with Crippen molar-refractivity contribution in [2.45, 2.75) is 51.1 Å². The molecule has 1 fully saturated rings. The molecule has 0 saturated carbocycles. The average Bonchev–Trinajstić information content (AvgIpc) is 2.43. The quantitative estimate of drug-likeness (QED) is 0.648. The molecule has 0 N–H and O–H groups in total. The van der Waals surface area contributed by atoms with Gasteiger partial charge in [0.2, 0.25) is 0 Å². The van der Waals surface area contributed by atoms with E-state index in [-0.39, 0.29) is 5.41 Å². The van der Waals surface area contributed by atoms with Crippen molar-refractivity contribution >= 4 is 0 Å². The zero-order chi connectivity index (χ0) is 14.1. The van der Waals surface area contributed by atoms with Gasteiger partial charge in [0.05, 0.1) is 0 Å². The van der Waals surface area contributed by atoms with Gasteiger partial charge in [-0.15, -0.1) is 0 Å². The number of allylic oxidation sites excluding steroid dienone is 1. The van der Waals surface area contributed by atoms with Gasteiger partial charge in [-0.1, -0.05) is 42.8 Å². The maximum atomic E-state index is 2.66. The van der Waals surface area contributed by atoms with Crippen molar-refractivity contribution in [2.24, 2.45) is 11.8 Å². The predicted octanol–water partition coefficient (Wildman–Crippen LogP) is 3.70. The van der Waals surface area contributed by atoms with Crippen molar-refractivity contribution in [3.63, 3.8) is 0 Å².